The lowest BCUT2D eigenvalue weighted by atomic mass is 9.95. The lowest BCUT2D eigenvalue weighted by molar-refractivity contribution is -0.226. The van der Waals surface area contributed by atoms with Crippen LogP contribution in [-0.2, 0) is 22.7 Å². The summed E-state index contributed by atoms with van der Waals surface area (Å²) in [6.07, 6.45) is -0.525. The Bertz CT molecular complexity index is 1590. The monoisotopic (exact) mass is 594 g/mol. The maximum atomic E-state index is 6.29. The van der Waals surface area contributed by atoms with Gasteiger partial charge in [-0.3, -0.25) is 0 Å². The molecule has 1 heterocycles. The first kappa shape index (κ1) is 30.8. The minimum Gasteiger partial charge on any atom is -0.493 e. The van der Waals surface area contributed by atoms with Gasteiger partial charge in [-0.2, -0.15) is 0 Å². The molecule has 0 N–H and O–H groups in total. The zero-order valence-corrected chi connectivity index (χ0v) is 25.8. The number of ether oxygens (including phenoxy) is 7. The highest BCUT2D eigenvalue weighted by atomic mass is 16.7. The molecule has 0 unspecified atom stereocenters. The Morgan fingerprint density at radius 2 is 1.23 bits per heavy atom. The standard InChI is InChI=1S/C37H38O7/c1-37(2)24-43-36(44-25-37)30-20-29(34(40-5)32(21-30)39-4)17-16-28-18-31(38-3)35(42-23-27-14-10-7-11-15-27)33(19-28)41-22-26-12-8-6-9-13-26/h6-15,18-21,36H,22-25H2,1-5H3. The Morgan fingerprint density at radius 3 is 1.82 bits per heavy atom. The van der Waals surface area contributed by atoms with Crippen LogP contribution in [0.3, 0.4) is 0 Å². The van der Waals surface area contributed by atoms with Gasteiger partial charge in [0, 0.05) is 16.5 Å². The Hall–Kier alpha value is -4.64. The fraction of sp³-hybridized carbons (Fsp3) is 0.297. The van der Waals surface area contributed by atoms with Crippen LogP contribution in [0.5, 0.6) is 28.7 Å². The Kier molecular flexibility index (Phi) is 9.96. The van der Waals surface area contributed by atoms with E-state index >= 15 is 0 Å². The van der Waals surface area contributed by atoms with E-state index in [0.29, 0.717) is 66.3 Å². The molecule has 0 spiro atoms. The van der Waals surface area contributed by atoms with Gasteiger partial charge >= 0.3 is 0 Å². The van der Waals surface area contributed by atoms with Crippen molar-refractivity contribution in [2.75, 3.05) is 34.5 Å². The molecule has 0 radical (unpaired) electrons. The van der Waals surface area contributed by atoms with Crippen LogP contribution in [0.25, 0.3) is 0 Å². The van der Waals surface area contributed by atoms with Crippen molar-refractivity contribution in [2.45, 2.75) is 33.4 Å². The minimum atomic E-state index is -0.525. The highest BCUT2D eigenvalue weighted by Gasteiger charge is 2.30. The smallest absolute Gasteiger partial charge is 0.203 e. The van der Waals surface area contributed by atoms with Crippen molar-refractivity contribution in [1.29, 1.82) is 0 Å². The minimum absolute atomic E-state index is 0.0496. The molecule has 0 amide bonds. The Balaban J connectivity index is 1.49. The van der Waals surface area contributed by atoms with E-state index in [2.05, 4.69) is 25.7 Å². The van der Waals surface area contributed by atoms with Crippen molar-refractivity contribution in [3.05, 3.63) is 113 Å². The van der Waals surface area contributed by atoms with E-state index in [1.165, 1.54) is 0 Å². The van der Waals surface area contributed by atoms with Gasteiger partial charge in [0.1, 0.15) is 13.2 Å². The van der Waals surface area contributed by atoms with Gasteiger partial charge in [0.05, 0.1) is 40.1 Å². The summed E-state index contributed by atoms with van der Waals surface area (Å²) in [5, 5.41) is 0. The third-order valence-electron chi connectivity index (χ3n) is 7.07. The topological polar surface area (TPSA) is 64.6 Å². The number of benzene rings is 4. The summed E-state index contributed by atoms with van der Waals surface area (Å²) in [7, 11) is 4.79. The average Bonchev–Trinajstić information content (AvgIpc) is 3.05. The molecule has 5 rings (SSSR count). The van der Waals surface area contributed by atoms with Crippen LogP contribution in [0.2, 0.25) is 0 Å². The highest BCUT2D eigenvalue weighted by molar-refractivity contribution is 5.61. The summed E-state index contributed by atoms with van der Waals surface area (Å²) in [5.74, 6) is 9.14. The molecule has 1 saturated heterocycles. The molecular formula is C37H38O7. The van der Waals surface area contributed by atoms with Crippen molar-refractivity contribution in [3.8, 4) is 40.6 Å². The van der Waals surface area contributed by atoms with Gasteiger partial charge in [-0.25, -0.2) is 0 Å². The number of methoxy groups -OCH3 is 3. The summed E-state index contributed by atoms with van der Waals surface area (Å²) in [5.41, 5.74) is 4.12. The van der Waals surface area contributed by atoms with Crippen molar-refractivity contribution < 1.29 is 33.2 Å². The zero-order chi connectivity index (χ0) is 30.9. The second-order valence-electron chi connectivity index (χ2n) is 11.2. The van der Waals surface area contributed by atoms with Crippen LogP contribution in [0.1, 0.15) is 48.0 Å². The molecule has 0 atom stereocenters. The van der Waals surface area contributed by atoms with Crippen LogP contribution in [-0.4, -0.2) is 34.5 Å². The molecule has 4 aromatic carbocycles. The van der Waals surface area contributed by atoms with E-state index in [-0.39, 0.29) is 5.41 Å². The second-order valence-corrected chi connectivity index (χ2v) is 11.2. The van der Waals surface area contributed by atoms with Crippen LogP contribution >= 0.6 is 0 Å². The molecule has 7 nitrogen and oxygen atoms in total. The van der Waals surface area contributed by atoms with Gasteiger partial charge < -0.3 is 33.2 Å². The first-order chi connectivity index (χ1) is 21.4. The molecule has 1 aliphatic rings. The van der Waals surface area contributed by atoms with Gasteiger partial charge in [0.15, 0.2) is 29.3 Å². The number of rotatable bonds is 10. The second kappa shape index (κ2) is 14.2. The highest BCUT2D eigenvalue weighted by Crippen LogP contribution is 2.41. The van der Waals surface area contributed by atoms with E-state index in [0.717, 1.165) is 16.7 Å². The van der Waals surface area contributed by atoms with E-state index in [1.54, 1.807) is 21.3 Å². The quantitative estimate of drug-likeness (QED) is 0.178. The fourth-order valence-corrected chi connectivity index (χ4v) is 4.75. The molecule has 0 aliphatic carbocycles. The number of hydrogen-bond acceptors (Lipinski definition) is 7. The van der Waals surface area contributed by atoms with E-state index < -0.39 is 6.29 Å². The van der Waals surface area contributed by atoms with Gasteiger partial charge in [-0.15, -0.1) is 0 Å². The maximum absolute atomic E-state index is 6.29. The van der Waals surface area contributed by atoms with Crippen molar-refractivity contribution >= 4 is 0 Å². The molecule has 0 aromatic heterocycles. The molecule has 1 aliphatic heterocycles. The third-order valence-corrected chi connectivity index (χ3v) is 7.07. The first-order valence-electron chi connectivity index (χ1n) is 14.5. The van der Waals surface area contributed by atoms with Gasteiger partial charge in [0.2, 0.25) is 5.75 Å². The normalized spacial score (nSPS) is 14.2. The lowest BCUT2D eigenvalue weighted by Crippen LogP contribution is -2.33. The van der Waals surface area contributed by atoms with Crippen LogP contribution in [0.4, 0.5) is 0 Å². The van der Waals surface area contributed by atoms with E-state index in [4.69, 9.17) is 33.2 Å². The number of hydrogen-bond donors (Lipinski definition) is 0. The van der Waals surface area contributed by atoms with E-state index in [1.807, 2.05) is 84.9 Å². The molecule has 0 bridgehead atoms. The molecule has 7 heteroatoms. The van der Waals surface area contributed by atoms with Crippen molar-refractivity contribution in [2.24, 2.45) is 5.41 Å². The van der Waals surface area contributed by atoms with Crippen LogP contribution < -0.4 is 23.7 Å². The summed E-state index contributed by atoms with van der Waals surface area (Å²) < 4.78 is 41.7. The summed E-state index contributed by atoms with van der Waals surface area (Å²) in [4.78, 5) is 0. The predicted molar refractivity (Wildman–Crippen MR) is 168 cm³/mol. The lowest BCUT2D eigenvalue weighted by Gasteiger charge is -2.34. The zero-order valence-electron chi connectivity index (χ0n) is 25.8. The molecule has 4 aromatic rings. The van der Waals surface area contributed by atoms with Crippen LogP contribution in [0, 0.1) is 17.3 Å². The van der Waals surface area contributed by atoms with Gasteiger partial charge in [-0.05, 0) is 35.4 Å². The molecular weight excluding hydrogens is 556 g/mol. The summed E-state index contributed by atoms with van der Waals surface area (Å²) >= 11 is 0. The fourth-order valence-electron chi connectivity index (χ4n) is 4.75. The van der Waals surface area contributed by atoms with E-state index in [9.17, 15) is 0 Å². The molecule has 0 saturated carbocycles. The Morgan fingerprint density at radius 1 is 0.659 bits per heavy atom. The molecule has 228 valence electrons. The molecule has 44 heavy (non-hydrogen) atoms. The third kappa shape index (κ3) is 7.65. The van der Waals surface area contributed by atoms with Gasteiger partial charge in [-0.1, -0.05) is 86.4 Å². The summed E-state index contributed by atoms with van der Waals surface area (Å²) in [6, 6.07) is 27.4. The SMILES string of the molecule is COc1cc(C2OCC(C)(C)CO2)cc(C#Cc2cc(OC)c(OCc3ccccc3)c(OCc3ccccc3)c2)c1OC. The van der Waals surface area contributed by atoms with Crippen LogP contribution in [0.15, 0.2) is 84.9 Å². The first-order valence-corrected chi connectivity index (χ1v) is 14.5. The predicted octanol–water partition coefficient (Wildman–Crippen LogP) is 7.34. The van der Waals surface area contributed by atoms with Crippen molar-refractivity contribution in [3.63, 3.8) is 0 Å². The van der Waals surface area contributed by atoms with Crippen molar-refractivity contribution in [1.82, 2.24) is 0 Å². The summed E-state index contributed by atoms with van der Waals surface area (Å²) in [6.45, 7) is 6.09. The average molecular weight is 595 g/mol. The Labute approximate surface area is 259 Å². The largest absolute Gasteiger partial charge is 0.493 e. The maximum Gasteiger partial charge on any atom is 0.203 e. The van der Waals surface area contributed by atoms with Gasteiger partial charge in [0.25, 0.3) is 0 Å². The molecule has 1 fully saturated rings.